The molecule has 0 saturated carbocycles. The predicted molar refractivity (Wildman–Crippen MR) is 127 cm³/mol. The minimum absolute atomic E-state index is 0.110. The highest BCUT2D eigenvalue weighted by Gasteiger charge is 2.22. The molecule has 0 radical (unpaired) electrons. The first-order valence-corrected chi connectivity index (χ1v) is 10.5. The number of aromatic nitrogens is 3. The fourth-order valence-electron chi connectivity index (χ4n) is 3.28. The van der Waals surface area contributed by atoms with E-state index in [1.807, 2.05) is 68.4 Å². The van der Waals surface area contributed by atoms with Gasteiger partial charge in [-0.05, 0) is 37.6 Å². The van der Waals surface area contributed by atoms with Crippen LogP contribution < -0.4 is 20.5 Å². The molecule has 0 bridgehead atoms. The third-order valence-corrected chi connectivity index (χ3v) is 4.71. The highest BCUT2D eigenvalue weighted by Crippen LogP contribution is 2.36. The number of ketones is 1. The number of nitrogens with zero attached hydrogens (tertiary/aromatic N) is 2. The van der Waals surface area contributed by atoms with Gasteiger partial charge in [0.05, 0.1) is 17.4 Å². The molecule has 4 rings (SSSR count). The molecular weight excluding hydrogens is 418 g/mol. The Kier molecular flexibility index (Phi) is 6.54. The van der Waals surface area contributed by atoms with Crippen LogP contribution in [0.25, 0.3) is 0 Å². The summed E-state index contributed by atoms with van der Waals surface area (Å²) in [6.07, 6.45) is 1.16. The highest BCUT2D eigenvalue weighted by molar-refractivity contribution is 6.12. The number of nitrogens with one attached hydrogen (secondary N) is 2. The second kappa shape index (κ2) is 9.86. The monoisotopic (exact) mass is 443 g/mol. The van der Waals surface area contributed by atoms with E-state index >= 15 is 0 Å². The molecule has 0 atom stereocenters. The number of nitrogen functional groups attached to an aromatic ring is 1. The number of nitrogens with two attached hydrogens (primary N) is 1. The van der Waals surface area contributed by atoms with Crippen LogP contribution in [0.15, 0.2) is 73.1 Å². The predicted octanol–water partition coefficient (Wildman–Crippen LogP) is 4.73. The van der Waals surface area contributed by atoms with E-state index in [0.717, 1.165) is 11.3 Å². The van der Waals surface area contributed by atoms with E-state index < -0.39 is 0 Å². The maximum Gasteiger partial charge on any atom is 0.232 e. The second-order valence-electron chi connectivity index (χ2n) is 7.70. The largest absolute Gasteiger partial charge is 0.489 e. The zero-order chi connectivity index (χ0) is 23.2. The van der Waals surface area contributed by atoms with Gasteiger partial charge in [0, 0.05) is 23.5 Å². The Morgan fingerprint density at radius 1 is 1.09 bits per heavy atom. The number of benzene rings is 3. The van der Waals surface area contributed by atoms with Crippen molar-refractivity contribution in [2.24, 2.45) is 0 Å². The van der Waals surface area contributed by atoms with E-state index in [2.05, 4.69) is 20.5 Å². The van der Waals surface area contributed by atoms with Crippen molar-refractivity contribution in [1.29, 1.82) is 0 Å². The van der Waals surface area contributed by atoms with Crippen LogP contribution in [0.1, 0.15) is 35.6 Å². The summed E-state index contributed by atoms with van der Waals surface area (Å²) in [6, 6.07) is 20.7. The average Bonchev–Trinajstić information content (AvgIpc) is 3.34. The summed E-state index contributed by atoms with van der Waals surface area (Å²) in [6.45, 7) is 4.26. The van der Waals surface area contributed by atoms with Crippen molar-refractivity contribution in [2.45, 2.75) is 26.6 Å². The maximum atomic E-state index is 13.1. The lowest BCUT2D eigenvalue weighted by molar-refractivity contribution is 0.103. The van der Waals surface area contributed by atoms with E-state index in [1.165, 1.54) is 6.33 Å². The Hall–Kier alpha value is -4.33. The van der Waals surface area contributed by atoms with E-state index in [9.17, 15) is 4.79 Å². The smallest absolute Gasteiger partial charge is 0.232 e. The van der Waals surface area contributed by atoms with Crippen LogP contribution in [0.3, 0.4) is 0 Å². The molecule has 0 spiro atoms. The number of carbonyl (C=O) groups is 1. The molecule has 0 unspecified atom stereocenters. The molecule has 8 heteroatoms. The number of carbonyl (C=O) groups excluding carboxylic acids is 1. The lowest BCUT2D eigenvalue weighted by atomic mass is 10.0. The van der Waals surface area contributed by atoms with Gasteiger partial charge in [-0.3, -0.25) is 9.89 Å². The molecule has 168 valence electrons. The number of ether oxygens (including phenoxy) is 2. The summed E-state index contributed by atoms with van der Waals surface area (Å²) in [4.78, 5) is 17.1. The van der Waals surface area contributed by atoms with Crippen molar-refractivity contribution in [1.82, 2.24) is 15.2 Å². The molecule has 8 nitrogen and oxygen atoms in total. The summed E-state index contributed by atoms with van der Waals surface area (Å²) in [5.41, 5.74) is 9.09. The van der Waals surface area contributed by atoms with E-state index in [1.54, 1.807) is 12.1 Å². The zero-order valence-corrected chi connectivity index (χ0v) is 18.4. The first kappa shape index (κ1) is 21.9. The van der Waals surface area contributed by atoms with Crippen molar-refractivity contribution in [3.63, 3.8) is 0 Å². The van der Waals surface area contributed by atoms with Gasteiger partial charge in [-0.25, -0.2) is 4.98 Å². The van der Waals surface area contributed by atoms with Gasteiger partial charge < -0.3 is 20.5 Å². The van der Waals surface area contributed by atoms with Gasteiger partial charge in [0.2, 0.25) is 5.78 Å². The molecule has 0 fully saturated rings. The van der Waals surface area contributed by atoms with Crippen LogP contribution in [0, 0.1) is 0 Å². The molecule has 1 aromatic heterocycles. The first-order valence-electron chi connectivity index (χ1n) is 10.5. The number of rotatable bonds is 9. The van der Waals surface area contributed by atoms with Crippen LogP contribution in [0.4, 0.5) is 17.1 Å². The molecule has 0 aliphatic rings. The third-order valence-electron chi connectivity index (χ3n) is 4.71. The molecule has 4 N–H and O–H groups in total. The normalized spacial score (nSPS) is 10.8. The first-order chi connectivity index (χ1) is 16.0. The van der Waals surface area contributed by atoms with Gasteiger partial charge in [0.15, 0.2) is 5.82 Å². The van der Waals surface area contributed by atoms with Gasteiger partial charge >= 0.3 is 0 Å². The lowest BCUT2D eigenvalue weighted by Gasteiger charge is -2.19. The quantitative estimate of drug-likeness (QED) is 0.253. The Labute approximate surface area is 191 Å². The fraction of sp³-hybridized carbons (Fsp3) is 0.160. The van der Waals surface area contributed by atoms with Gasteiger partial charge in [0.25, 0.3) is 0 Å². The third kappa shape index (κ3) is 5.48. The van der Waals surface area contributed by atoms with Gasteiger partial charge in [-0.15, -0.1) is 0 Å². The summed E-state index contributed by atoms with van der Waals surface area (Å²) >= 11 is 0. The van der Waals surface area contributed by atoms with Crippen molar-refractivity contribution in [3.8, 4) is 11.5 Å². The van der Waals surface area contributed by atoms with Crippen LogP contribution >= 0.6 is 0 Å². The van der Waals surface area contributed by atoms with E-state index in [-0.39, 0.29) is 17.7 Å². The molecule has 0 aliphatic carbocycles. The molecule has 3 aromatic carbocycles. The Morgan fingerprint density at radius 3 is 2.64 bits per heavy atom. The number of hydrogen-bond donors (Lipinski definition) is 3. The molecule has 0 saturated heterocycles. The van der Waals surface area contributed by atoms with Crippen molar-refractivity contribution in [2.75, 3.05) is 11.1 Å². The molecule has 0 aliphatic heterocycles. The summed E-state index contributed by atoms with van der Waals surface area (Å²) in [5.74, 6) is 0.906. The van der Waals surface area contributed by atoms with Gasteiger partial charge in [-0.2, -0.15) is 5.10 Å². The second-order valence-corrected chi connectivity index (χ2v) is 7.70. The zero-order valence-electron chi connectivity index (χ0n) is 18.4. The minimum atomic E-state index is -0.354. The van der Waals surface area contributed by atoms with Crippen molar-refractivity contribution >= 4 is 22.8 Å². The molecule has 4 aromatic rings. The minimum Gasteiger partial charge on any atom is -0.489 e. The van der Waals surface area contributed by atoms with Crippen molar-refractivity contribution < 1.29 is 14.3 Å². The van der Waals surface area contributed by atoms with E-state index in [4.69, 9.17) is 15.2 Å². The number of aromatic amines is 1. The van der Waals surface area contributed by atoms with Crippen molar-refractivity contribution in [3.05, 3.63) is 90.0 Å². The Balaban J connectivity index is 1.65. The maximum absolute atomic E-state index is 13.1. The van der Waals surface area contributed by atoms with Crippen LogP contribution in [-0.2, 0) is 6.61 Å². The highest BCUT2D eigenvalue weighted by atomic mass is 16.5. The topological polar surface area (TPSA) is 115 Å². The summed E-state index contributed by atoms with van der Waals surface area (Å²) < 4.78 is 11.9. The average molecular weight is 444 g/mol. The van der Waals surface area contributed by atoms with E-state index in [0.29, 0.717) is 35.0 Å². The van der Waals surface area contributed by atoms with Gasteiger partial charge in [-0.1, -0.05) is 36.4 Å². The number of H-pyrrole nitrogens is 1. The van der Waals surface area contributed by atoms with Crippen LogP contribution in [-0.4, -0.2) is 27.1 Å². The lowest BCUT2D eigenvalue weighted by Crippen LogP contribution is -2.13. The standard InChI is InChI=1S/C25H25N5O3/c1-16(2)33-22-12-18(26)11-21(24(31)25-27-15-28-30-25)23(22)29-19-9-6-10-20(13-19)32-14-17-7-4-3-5-8-17/h3-13,15-16,29H,14,26H2,1-2H3,(H,27,28,30). The molecular formula is C25H25N5O3. The molecule has 0 amide bonds. The molecule has 1 heterocycles. The van der Waals surface area contributed by atoms with Crippen LogP contribution in [0.2, 0.25) is 0 Å². The Morgan fingerprint density at radius 2 is 1.91 bits per heavy atom. The summed E-state index contributed by atoms with van der Waals surface area (Å²) in [5, 5.41) is 9.70. The number of hydrogen-bond acceptors (Lipinski definition) is 7. The SMILES string of the molecule is CC(C)Oc1cc(N)cc(C(=O)c2ncn[nH]2)c1Nc1cccc(OCc2ccccc2)c1. The van der Waals surface area contributed by atoms with Gasteiger partial charge in [0.1, 0.15) is 24.4 Å². The fourth-order valence-corrected chi connectivity index (χ4v) is 3.28. The summed E-state index contributed by atoms with van der Waals surface area (Å²) in [7, 11) is 0. The Bertz CT molecular complexity index is 1220. The molecule has 33 heavy (non-hydrogen) atoms. The number of anilines is 3. The van der Waals surface area contributed by atoms with Crippen LogP contribution in [0.5, 0.6) is 11.5 Å².